The number of likely N-dealkylation sites (N-methyl/N-ethyl adjacent to an activating group) is 1. The summed E-state index contributed by atoms with van der Waals surface area (Å²) in [6.45, 7) is 8.14. The van der Waals surface area contributed by atoms with Gasteiger partial charge in [-0.1, -0.05) is 119 Å². The lowest BCUT2D eigenvalue weighted by molar-refractivity contribution is -0.139. The molecule has 0 saturated heterocycles. The monoisotopic (exact) mass is 707 g/mol. The Hall–Kier alpha value is -5.29. The average molecular weight is 708 g/mol. The van der Waals surface area contributed by atoms with Crippen molar-refractivity contribution in [3.05, 3.63) is 126 Å². The van der Waals surface area contributed by atoms with E-state index in [2.05, 4.69) is 20.9 Å². The standard InChI is InChI=1S/C41H49N5O6/c1-26(2)21-32-41(50)46(5)34(22-27(3)4)40-44-33(25-52-40)38(48)45-35(39(49)42-31(37(47)43-32)23-28-15-9-6-10-16-28)36(30-19-13-8-14-20-30)51-24-29-17-11-7-12-18-29/h6-20,25-27,31-32,34-36H,21-24H2,1-5H3,(H,42,49)(H,43,47)(H,45,48)/t31-,32-,34+,35-,36-/m1/s1. The maximum absolute atomic E-state index is 14.6. The van der Waals surface area contributed by atoms with Crippen molar-refractivity contribution >= 4 is 23.6 Å². The number of rotatable bonds is 11. The van der Waals surface area contributed by atoms with E-state index in [4.69, 9.17) is 9.15 Å². The summed E-state index contributed by atoms with van der Waals surface area (Å²) in [5.74, 6) is -1.79. The number of hydrogen-bond acceptors (Lipinski definition) is 7. The quantitative estimate of drug-likeness (QED) is 0.186. The van der Waals surface area contributed by atoms with Crippen LogP contribution in [0.1, 0.15) is 85.8 Å². The van der Waals surface area contributed by atoms with Gasteiger partial charge in [0.1, 0.15) is 36.5 Å². The zero-order valence-electron chi connectivity index (χ0n) is 30.5. The van der Waals surface area contributed by atoms with Gasteiger partial charge in [0.25, 0.3) is 5.91 Å². The van der Waals surface area contributed by atoms with E-state index in [-0.39, 0.29) is 42.4 Å². The number of nitrogens with zero attached hydrogens (tertiary/aromatic N) is 2. The second-order valence-corrected chi connectivity index (χ2v) is 14.2. The van der Waals surface area contributed by atoms with E-state index < -0.39 is 48.0 Å². The Balaban J connectivity index is 1.61. The Bertz CT molecular complexity index is 1780. The van der Waals surface area contributed by atoms with Crippen molar-refractivity contribution in [2.24, 2.45) is 11.8 Å². The molecule has 52 heavy (non-hydrogen) atoms. The van der Waals surface area contributed by atoms with Gasteiger partial charge in [0, 0.05) is 13.5 Å². The molecular formula is C41H49N5O6. The molecule has 274 valence electrons. The minimum Gasteiger partial charge on any atom is -0.446 e. The maximum Gasteiger partial charge on any atom is 0.273 e. The SMILES string of the molecule is CC(C)C[C@H]1NC(=O)[C@@H](Cc2ccccc2)NC(=O)[C@@H]([C@H](OCc2ccccc2)c2ccccc2)NC(=O)c2coc(n2)[C@H](CC(C)C)N(C)C1=O. The molecule has 3 N–H and O–H groups in total. The number of ether oxygens (including phenoxy) is 1. The first-order chi connectivity index (χ1) is 25.0. The van der Waals surface area contributed by atoms with Crippen LogP contribution in [0.25, 0.3) is 0 Å². The summed E-state index contributed by atoms with van der Waals surface area (Å²) in [5.41, 5.74) is 2.26. The molecule has 5 atom stereocenters. The molecule has 0 radical (unpaired) electrons. The normalized spacial score (nSPS) is 20.9. The molecule has 0 fully saturated rings. The Morgan fingerprint density at radius 3 is 1.92 bits per heavy atom. The van der Waals surface area contributed by atoms with Crippen LogP contribution >= 0.6 is 0 Å². The van der Waals surface area contributed by atoms with E-state index in [0.717, 1.165) is 11.1 Å². The van der Waals surface area contributed by atoms with Gasteiger partial charge in [-0.05, 0) is 41.4 Å². The van der Waals surface area contributed by atoms with E-state index in [1.165, 1.54) is 11.2 Å². The van der Waals surface area contributed by atoms with Crippen LogP contribution in [0, 0.1) is 11.8 Å². The van der Waals surface area contributed by atoms with Crippen LogP contribution in [0.3, 0.4) is 0 Å². The third-order valence-corrected chi connectivity index (χ3v) is 9.06. The number of oxazole rings is 1. The second-order valence-electron chi connectivity index (χ2n) is 14.2. The van der Waals surface area contributed by atoms with Gasteiger partial charge in [-0.25, -0.2) is 4.98 Å². The summed E-state index contributed by atoms with van der Waals surface area (Å²) in [5, 5.41) is 8.77. The number of benzene rings is 3. The fourth-order valence-electron chi connectivity index (χ4n) is 6.38. The van der Waals surface area contributed by atoms with Gasteiger partial charge < -0.3 is 30.0 Å². The van der Waals surface area contributed by atoms with E-state index >= 15 is 0 Å². The van der Waals surface area contributed by atoms with Crippen molar-refractivity contribution in [2.45, 2.75) is 83.8 Å². The highest BCUT2D eigenvalue weighted by Gasteiger charge is 2.38. The lowest BCUT2D eigenvalue weighted by atomic mass is 9.97. The van der Waals surface area contributed by atoms with E-state index in [1.54, 1.807) is 7.05 Å². The molecule has 4 aromatic rings. The van der Waals surface area contributed by atoms with Crippen molar-refractivity contribution < 1.29 is 28.3 Å². The average Bonchev–Trinajstić information content (AvgIpc) is 3.63. The minimum atomic E-state index is -1.31. The smallest absolute Gasteiger partial charge is 0.273 e. The molecular weight excluding hydrogens is 658 g/mol. The summed E-state index contributed by atoms with van der Waals surface area (Å²) in [6.07, 6.45) is 1.27. The third-order valence-electron chi connectivity index (χ3n) is 9.06. The lowest BCUT2D eigenvalue weighted by Gasteiger charge is -2.32. The second kappa shape index (κ2) is 17.8. The van der Waals surface area contributed by atoms with E-state index in [1.807, 2.05) is 119 Å². The van der Waals surface area contributed by atoms with Crippen molar-refractivity contribution in [1.82, 2.24) is 25.8 Å². The first kappa shape index (κ1) is 38.0. The minimum absolute atomic E-state index is 0.0547. The number of amides is 4. The highest BCUT2D eigenvalue weighted by Crippen LogP contribution is 2.29. The molecule has 5 rings (SSSR count). The summed E-state index contributed by atoms with van der Waals surface area (Å²) in [6, 6.07) is 24.1. The fraction of sp³-hybridized carbons (Fsp3) is 0.390. The van der Waals surface area contributed by atoms with Crippen LogP contribution in [0.2, 0.25) is 0 Å². The Labute approximate surface area is 305 Å². The topological polar surface area (TPSA) is 143 Å². The van der Waals surface area contributed by atoms with Crippen molar-refractivity contribution in [3.63, 3.8) is 0 Å². The van der Waals surface area contributed by atoms with Crippen molar-refractivity contribution in [2.75, 3.05) is 7.05 Å². The largest absolute Gasteiger partial charge is 0.446 e. The van der Waals surface area contributed by atoms with Gasteiger partial charge in [-0.2, -0.15) is 0 Å². The van der Waals surface area contributed by atoms with Crippen LogP contribution < -0.4 is 16.0 Å². The predicted molar refractivity (Wildman–Crippen MR) is 197 cm³/mol. The zero-order valence-corrected chi connectivity index (χ0v) is 30.5. The van der Waals surface area contributed by atoms with Gasteiger partial charge in [0.05, 0.1) is 6.61 Å². The predicted octanol–water partition coefficient (Wildman–Crippen LogP) is 5.55. The molecule has 1 aromatic heterocycles. The first-order valence-corrected chi connectivity index (χ1v) is 17.9. The maximum atomic E-state index is 14.6. The molecule has 1 aliphatic rings. The highest BCUT2D eigenvalue weighted by molar-refractivity contribution is 5.98. The van der Waals surface area contributed by atoms with Crippen LogP contribution in [0.4, 0.5) is 0 Å². The van der Waals surface area contributed by atoms with Gasteiger partial charge in [-0.15, -0.1) is 0 Å². The summed E-state index contributed by atoms with van der Waals surface area (Å²) in [7, 11) is 1.66. The molecule has 1 aliphatic heterocycles. The zero-order chi connectivity index (χ0) is 37.2. The van der Waals surface area contributed by atoms with Crippen molar-refractivity contribution in [1.29, 1.82) is 0 Å². The third kappa shape index (κ3) is 9.94. The number of aromatic nitrogens is 1. The number of nitrogens with one attached hydrogen (secondary N) is 3. The van der Waals surface area contributed by atoms with Crippen LogP contribution in [-0.2, 0) is 32.1 Å². The van der Waals surface area contributed by atoms with E-state index in [9.17, 15) is 19.2 Å². The molecule has 0 aliphatic carbocycles. The number of fused-ring (bicyclic) bond motifs is 2. The van der Waals surface area contributed by atoms with Crippen LogP contribution in [0.5, 0.6) is 0 Å². The summed E-state index contributed by atoms with van der Waals surface area (Å²) in [4.78, 5) is 63.2. The fourth-order valence-corrected chi connectivity index (χ4v) is 6.38. The Morgan fingerprint density at radius 1 is 0.731 bits per heavy atom. The molecule has 0 spiro atoms. The molecule has 2 bridgehead atoms. The summed E-state index contributed by atoms with van der Waals surface area (Å²) >= 11 is 0. The number of carbonyl (C=O) groups is 4. The molecule has 11 nitrogen and oxygen atoms in total. The molecule has 11 heteroatoms. The molecule has 0 unspecified atom stereocenters. The first-order valence-electron chi connectivity index (χ1n) is 17.9. The van der Waals surface area contributed by atoms with Crippen molar-refractivity contribution in [3.8, 4) is 0 Å². The Morgan fingerprint density at radius 2 is 1.31 bits per heavy atom. The van der Waals surface area contributed by atoms with Crippen LogP contribution in [-0.4, -0.2) is 58.7 Å². The molecule has 2 heterocycles. The van der Waals surface area contributed by atoms with Gasteiger partial charge >= 0.3 is 0 Å². The summed E-state index contributed by atoms with van der Waals surface area (Å²) < 4.78 is 12.3. The number of carbonyl (C=O) groups excluding carboxylic acids is 4. The highest BCUT2D eigenvalue weighted by atomic mass is 16.5. The number of hydrogen-bond donors (Lipinski definition) is 3. The van der Waals surface area contributed by atoms with Crippen LogP contribution in [0.15, 0.2) is 102 Å². The molecule has 3 aromatic carbocycles. The Kier molecular flexibility index (Phi) is 13.0. The molecule has 4 amide bonds. The van der Waals surface area contributed by atoms with E-state index in [0.29, 0.717) is 18.4 Å². The van der Waals surface area contributed by atoms with Gasteiger partial charge in [-0.3, -0.25) is 19.2 Å². The van der Waals surface area contributed by atoms with Gasteiger partial charge in [0.15, 0.2) is 5.69 Å². The molecule has 0 saturated carbocycles. The lowest BCUT2D eigenvalue weighted by Crippen LogP contribution is -2.58. The van der Waals surface area contributed by atoms with Gasteiger partial charge in [0.2, 0.25) is 23.6 Å².